The molecule has 1 atom stereocenters. The van der Waals surface area contributed by atoms with E-state index in [0.29, 0.717) is 6.04 Å². The van der Waals surface area contributed by atoms with Crippen LogP contribution in [0, 0.1) is 0 Å². The fourth-order valence-electron chi connectivity index (χ4n) is 3.34. The molecule has 1 saturated heterocycles. The Hall–Kier alpha value is -1.06. The number of hydrogen-bond acceptors (Lipinski definition) is 3. The Morgan fingerprint density at radius 2 is 1.87 bits per heavy atom. The van der Waals surface area contributed by atoms with Gasteiger partial charge in [-0.25, -0.2) is 0 Å². The van der Waals surface area contributed by atoms with Gasteiger partial charge in [0, 0.05) is 32.2 Å². The van der Waals surface area contributed by atoms with Gasteiger partial charge in [0.1, 0.15) is 12.4 Å². The maximum atomic E-state index is 5.86. The molecule has 1 aliphatic heterocycles. The Kier molecular flexibility index (Phi) is 9.12. The van der Waals surface area contributed by atoms with Crippen LogP contribution in [-0.4, -0.2) is 43.7 Å². The highest BCUT2D eigenvalue weighted by Crippen LogP contribution is 2.14. The number of piperazine rings is 1. The molecule has 0 aliphatic carbocycles. The molecule has 0 aromatic heterocycles. The normalized spacial score (nSPS) is 18.9. The quantitative estimate of drug-likeness (QED) is 0.622. The number of unbranched alkanes of at least 4 members (excludes halogenated alkanes) is 5. The maximum Gasteiger partial charge on any atom is 0.119 e. The summed E-state index contributed by atoms with van der Waals surface area (Å²) in [4.78, 5) is 2.62. The van der Waals surface area contributed by atoms with Crippen molar-refractivity contribution in [2.45, 2.75) is 57.9 Å². The van der Waals surface area contributed by atoms with Gasteiger partial charge in [0.15, 0.2) is 0 Å². The summed E-state index contributed by atoms with van der Waals surface area (Å²) in [6.07, 6.45) is 9.64. The molecule has 1 aliphatic rings. The van der Waals surface area contributed by atoms with Crippen molar-refractivity contribution in [3.05, 3.63) is 30.3 Å². The average Bonchev–Trinajstić information content (AvgIpc) is 2.60. The summed E-state index contributed by atoms with van der Waals surface area (Å²) in [5.74, 6) is 0.982. The van der Waals surface area contributed by atoms with Gasteiger partial charge in [-0.3, -0.25) is 4.90 Å². The molecule has 1 aromatic carbocycles. The molecule has 1 fully saturated rings. The lowest BCUT2D eigenvalue weighted by Gasteiger charge is -2.36. The summed E-state index contributed by atoms with van der Waals surface area (Å²) in [6.45, 7) is 7.51. The molecule has 0 bridgehead atoms. The molecule has 3 heteroatoms. The van der Waals surface area contributed by atoms with E-state index in [2.05, 4.69) is 17.1 Å². The number of rotatable bonds is 11. The van der Waals surface area contributed by atoms with E-state index >= 15 is 0 Å². The predicted octanol–water partition coefficient (Wildman–Crippen LogP) is 4.09. The van der Waals surface area contributed by atoms with Gasteiger partial charge in [0.2, 0.25) is 0 Å². The molecule has 130 valence electrons. The van der Waals surface area contributed by atoms with Crippen molar-refractivity contribution in [1.29, 1.82) is 0 Å². The van der Waals surface area contributed by atoms with Gasteiger partial charge in [-0.2, -0.15) is 0 Å². The Labute approximate surface area is 142 Å². The standard InChI is InChI=1S/C20H34N2O/c1-2-3-4-5-6-8-11-19-18-21-14-15-22(19)16-17-23-20-12-9-7-10-13-20/h7,9-10,12-13,19,21H,2-6,8,11,14-18H2,1H3. The molecule has 23 heavy (non-hydrogen) atoms. The van der Waals surface area contributed by atoms with Crippen molar-refractivity contribution < 1.29 is 4.74 Å². The fraction of sp³-hybridized carbons (Fsp3) is 0.700. The summed E-state index contributed by atoms with van der Waals surface area (Å²) in [7, 11) is 0. The van der Waals surface area contributed by atoms with Crippen LogP contribution in [0.15, 0.2) is 30.3 Å². The van der Waals surface area contributed by atoms with E-state index in [4.69, 9.17) is 4.74 Å². The van der Waals surface area contributed by atoms with Crippen LogP contribution >= 0.6 is 0 Å². The lowest BCUT2D eigenvalue weighted by Crippen LogP contribution is -2.52. The number of nitrogens with one attached hydrogen (secondary N) is 1. The minimum atomic E-state index is 0.689. The summed E-state index contributed by atoms with van der Waals surface area (Å²) in [6, 6.07) is 10.8. The van der Waals surface area contributed by atoms with Crippen LogP contribution < -0.4 is 10.1 Å². The van der Waals surface area contributed by atoms with Crippen LogP contribution in [0.5, 0.6) is 5.75 Å². The topological polar surface area (TPSA) is 24.5 Å². The number of nitrogens with zero attached hydrogens (tertiary/aromatic N) is 1. The molecule has 0 amide bonds. The highest BCUT2D eigenvalue weighted by atomic mass is 16.5. The van der Waals surface area contributed by atoms with Crippen molar-refractivity contribution in [1.82, 2.24) is 10.2 Å². The molecule has 1 N–H and O–H groups in total. The first-order valence-electron chi connectivity index (χ1n) is 9.52. The van der Waals surface area contributed by atoms with Crippen LogP contribution in [0.25, 0.3) is 0 Å². The average molecular weight is 319 g/mol. The molecule has 0 radical (unpaired) electrons. The third kappa shape index (κ3) is 7.36. The van der Waals surface area contributed by atoms with Gasteiger partial charge in [0.05, 0.1) is 0 Å². The van der Waals surface area contributed by atoms with Crippen molar-refractivity contribution in [3.63, 3.8) is 0 Å². The monoisotopic (exact) mass is 318 g/mol. The van der Waals surface area contributed by atoms with Gasteiger partial charge in [-0.05, 0) is 18.6 Å². The number of benzene rings is 1. The van der Waals surface area contributed by atoms with E-state index in [9.17, 15) is 0 Å². The molecule has 2 rings (SSSR count). The van der Waals surface area contributed by atoms with Crippen molar-refractivity contribution in [3.8, 4) is 5.75 Å². The highest BCUT2D eigenvalue weighted by Gasteiger charge is 2.21. The van der Waals surface area contributed by atoms with E-state index in [1.807, 2.05) is 30.3 Å². The van der Waals surface area contributed by atoms with Crippen LogP contribution in [-0.2, 0) is 0 Å². The summed E-state index contributed by atoms with van der Waals surface area (Å²) in [5, 5.41) is 3.55. The molecule has 1 unspecified atom stereocenters. The number of ether oxygens (including phenoxy) is 1. The second-order valence-electron chi connectivity index (χ2n) is 6.61. The fourth-order valence-corrected chi connectivity index (χ4v) is 3.34. The van der Waals surface area contributed by atoms with Crippen LogP contribution in [0.3, 0.4) is 0 Å². The Balaban J connectivity index is 1.62. The second-order valence-corrected chi connectivity index (χ2v) is 6.61. The van der Waals surface area contributed by atoms with E-state index in [-0.39, 0.29) is 0 Å². The zero-order valence-corrected chi connectivity index (χ0v) is 14.8. The largest absolute Gasteiger partial charge is 0.492 e. The molecule has 0 spiro atoms. The van der Waals surface area contributed by atoms with Crippen LogP contribution in [0.2, 0.25) is 0 Å². The molecule has 1 heterocycles. The molecule has 1 aromatic rings. The smallest absolute Gasteiger partial charge is 0.119 e. The number of para-hydroxylation sites is 1. The van der Waals surface area contributed by atoms with Gasteiger partial charge in [-0.15, -0.1) is 0 Å². The van der Waals surface area contributed by atoms with Crippen molar-refractivity contribution >= 4 is 0 Å². The van der Waals surface area contributed by atoms with E-state index in [1.54, 1.807) is 0 Å². The highest BCUT2D eigenvalue weighted by molar-refractivity contribution is 5.20. The Morgan fingerprint density at radius 3 is 2.70 bits per heavy atom. The zero-order valence-electron chi connectivity index (χ0n) is 14.8. The summed E-state index contributed by atoms with van der Waals surface area (Å²) in [5.41, 5.74) is 0. The lowest BCUT2D eigenvalue weighted by molar-refractivity contribution is 0.125. The number of hydrogen-bond donors (Lipinski definition) is 1. The maximum absolute atomic E-state index is 5.86. The van der Waals surface area contributed by atoms with Gasteiger partial charge < -0.3 is 10.1 Å². The first-order valence-corrected chi connectivity index (χ1v) is 9.52. The zero-order chi connectivity index (χ0) is 16.2. The van der Waals surface area contributed by atoms with E-state index < -0.39 is 0 Å². The van der Waals surface area contributed by atoms with Gasteiger partial charge in [0.25, 0.3) is 0 Å². The molecular weight excluding hydrogens is 284 g/mol. The van der Waals surface area contributed by atoms with E-state index in [1.165, 1.54) is 44.9 Å². The van der Waals surface area contributed by atoms with Crippen LogP contribution in [0.1, 0.15) is 51.9 Å². The Bertz CT molecular complexity index is 396. The molecule has 0 saturated carbocycles. The van der Waals surface area contributed by atoms with E-state index in [0.717, 1.165) is 38.5 Å². The van der Waals surface area contributed by atoms with Gasteiger partial charge in [-0.1, -0.05) is 63.6 Å². The molecule has 3 nitrogen and oxygen atoms in total. The van der Waals surface area contributed by atoms with Crippen molar-refractivity contribution in [2.75, 3.05) is 32.8 Å². The lowest BCUT2D eigenvalue weighted by atomic mass is 10.0. The summed E-state index contributed by atoms with van der Waals surface area (Å²) < 4.78 is 5.86. The first-order chi connectivity index (χ1) is 11.4. The third-order valence-corrected chi connectivity index (χ3v) is 4.75. The predicted molar refractivity (Wildman–Crippen MR) is 98.2 cm³/mol. The summed E-state index contributed by atoms with van der Waals surface area (Å²) >= 11 is 0. The minimum Gasteiger partial charge on any atom is -0.492 e. The van der Waals surface area contributed by atoms with Gasteiger partial charge >= 0.3 is 0 Å². The minimum absolute atomic E-state index is 0.689. The van der Waals surface area contributed by atoms with Crippen molar-refractivity contribution in [2.24, 2.45) is 0 Å². The Morgan fingerprint density at radius 1 is 1.09 bits per heavy atom. The SMILES string of the molecule is CCCCCCCCC1CNCCN1CCOc1ccccc1. The second kappa shape index (κ2) is 11.5. The third-order valence-electron chi connectivity index (χ3n) is 4.75. The molecular formula is C20H34N2O. The first kappa shape index (κ1) is 18.3. The van der Waals surface area contributed by atoms with Crippen LogP contribution in [0.4, 0.5) is 0 Å².